The summed E-state index contributed by atoms with van der Waals surface area (Å²) in [5.74, 6) is 0.308. The molecular formula is C12H14N4O. The Hall–Kier alpha value is -1.75. The van der Waals surface area contributed by atoms with E-state index in [9.17, 15) is 4.79 Å². The van der Waals surface area contributed by atoms with E-state index < -0.39 is 0 Å². The van der Waals surface area contributed by atoms with Crippen molar-refractivity contribution < 1.29 is 4.79 Å². The monoisotopic (exact) mass is 230 g/mol. The number of nitrogens with one attached hydrogen (secondary N) is 1. The van der Waals surface area contributed by atoms with E-state index in [1.165, 1.54) is 0 Å². The molecule has 0 saturated carbocycles. The van der Waals surface area contributed by atoms with Crippen LogP contribution in [0.15, 0.2) is 18.2 Å². The lowest BCUT2D eigenvalue weighted by Crippen LogP contribution is -2.33. The molecule has 17 heavy (non-hydrogen) atoms. The number of nitrogens with zero attached hydrogens (tertiary/aromatic N) is 3. The Bertz CT molecular complexity index is 575. The Labute approximate surface area is 98.8 Å². The van der Waals surface area contributed by atoms with Crippen LogP contribution < -0.4 is 5.32 Å². The molecule has 1 atom stereocenters. The quantitative estimate of drug-likeness (QED) is 0.795. The van der Waals surface area contributed by atoms with Crippen molar-refractivity contribution in [1.82, 2.24) is 20.1 Å². The van der Waals surface area contributed by atoms with Crippen molar-refractivity contribution >= 4 is 11.3 Å². The molecule has 1 fully saturated rings. The molecule has 5 heteroatoms. The second-order valence-electron chi connectivity index (χ2n) is 4.42. The first-order chi connectivity index (χ1) is 8.25. The van der Waals surface area contributed by atoms with Crippen molar-refractivity contribution in [1.29, 1.82) is 0 Å². The fourth-order valence-corrected chi connectivity index (χ4v) is 2.32. The second-order valence-corrected chi connectivity index (χ2v) is 4.42. The Morgan fingerprint density at radius 2 is 2.35 bits per heavy atom. The van der Waals surface area contributed by atoms with Crippen molar-refractivity contribution in [2.75, 3.05) is 6.54 Å². The molecule has 5 nitrogen and oxygen atoms in total. The zero-order valence-electron chi connectivity index (χ0n) is 9.68. The van der Waals surface area contributed by atoms with Crippen molar-refractivity contribution in [2.24, 2.45) is 0 Å². The summed E-state index contributed by atoms with van der Waals surface area (Å²) < 4.78 is 1.82. The number of rotatable bonds is 1. The number of fused-ring (bicyclic) bond motifs is 1. The molecule has 0 aromatic carbocycles. The molecule has 1 unspecified atom stereocenters. The highest BCUT2D eigenvalue weighted by Crippen LogP contribution is 2.22. The number of aryl methyl sites for hydroxylation is 1. The first kappa shape index (κ1) is 10.4. The van der Waals surface area contributed by atoms with E-state index in [1.54, 1.807) is 0 Å². The first-order valence-corrected chi connectivity index (χ1v) is 5.82. The highest BCUT2D eigenvalue weighted by Gasteiger charge is 2.22. The molecule has 0 aliphatic carbocycles. The average molecular weight is 230 g/mol. The summed E-state index contributed by atoms with van der Waals surface area (Å²) in [6, 6.07) is 6.03. The maximum atomic E-state index is 11.5. The van der Waals surface area contributed by atoms with E-state index in [0.29, 0.717) is 18.6 Å². The van der Waals surface area contributed by atoms with E-state index in [4.69, 9.17) is 0 Å². The van der Waals surface area contributed by atoms with Crippen LogP contribution in [-0.2, 0) is 4.79 Å². The van der Waals surface area contributed by atoms with Crippen molar-refractivity contribution in [2.45, 2.75) is 25.8 Å². The van der Waals surface area contributed by atoms with Gasteiger partial charge in [0, 0.05) is 19.4 Å². The van der Waals surface area contributed by atoms with E-state index in [1.807, 2.05) is 29.6 Å². The Balaban J connectivity index is 2.07. The van der Waals surface area contributed by atoms with Crippen LogP contribution in [0, 0.1) is 6.92 Å². The molecule has 88 valence electrons. The van der Waals surface area contributed by atoms with Gasteiger partial charge in [0.05, 0.1) is 22.9 Å². The smallest absolute Gasteiger partial charge is 0.136 e. The molecule has 0 spiro atoms. The molecule has 2 aromatic rings. The van der Waals surface area contributed by atoms with Gasteiger partial charge in [-0.1, -0.05) is 11.3 Å². The molecule has 3 rings (SSSR count). The van der Waals surface area contributed by atoms with Crippen LogP contribution >= 0.6 is 0 Å². The van der Waals surface area contributed by atoms with Gasteiger partial charge in [0.2, 0.25) is 0 Å². The molecule has 2 aromatic heterocycles. The minimum absolute atomic E-state index is 0.0565. The summed E-state index contributed by atoms with van der Waals surface area (Å²) in [6.07, 6.45) is 1.17. The number of hydrogen-bond donors (Lipinski definition) is 1. The highest BCUT2D eigenvalue weighted by molar-refractivity contribution is 5.80. The fourth-order valence-electron chi connectivity index (χ4n) is 2.32. The summed E-state index contributed by atoms with van der Waals surface area (Å²) >= 11 is 0. The number of carbonyl (C=O) groups excluding carboxylic acids is 1. The van der Waals surface area contributed by atoms with E-state index in [0.717, 1.165) is 23.4 Å². The van der Waals surface area contributed by atoms with Crippen molar-refractivity contribution in [3.63, 3.8) is 0 Å². The largest absolute Gasteiger partial charge is 0.308 e. The van der Waals surface area contributed by atoms with Crippen LogP contribution in [0.4, 0.5) is 0 Å². The number of ketones is 1. The van der Waals surface area contributed by atoms with Gasteiger partial charge in [0.25, 0.3) is 0 Å². The number of piperidine rings is 1. The van der Waals surface area contributed by atoms with Crippen LogP contribution in [0.2, 0.25) is 0 Å². The van der Waals surface area contributed by atoms with Gasteiger partial charge >= 0.3 is 0 Å². The zero-order chi connectivity index (χ0) is 11.8. The van der Waals surface area contributed by atoms with Gasteiger partial charge < -0.3 is 5.32 Å². The minimum Gasteiger partial charge on any atom is -0.308 e. The third-order valence-corrected chi connectivity index (χ3v) is 3.23. The van der Waals surface area contributed by atoms with E-state index >= 15 is 0 Å². The molecular weight excluding hydrogens is 216 g/mol. The van der Waals surface area contributed by atoms with E-state index in [2.05, 4.69) is 15.6 Å². The lowest BCUT2D eigenvalue weighted by atomic mass is 10.0. The Morgan fingerprint density at radius 3 is 3.18 bits per heavy atom. The lowest BCUT2D eigenvalue weighted by molar-refractivity contribution is -0.120. The second kappa shape index (κ2) is 3.92. The standard InChI is InChI=1S/C12H14N4O/c1-8-11-3-2-4-12(16(11)15-14-8)10-7-9(17)5-6-13-10/h2-4,10,13H,5-7H2,1H3. The molecule has 0 bridgehead atoms. The predicted octanol–water partition coefficient (Wildman–Crippen LogP) is 1.03. The summed E-state index contributed by atoms with van der Waals surface area (Å²) in [6.45, 7) is 2.68. The number of aromatic nitrogens is 3. The Kier molecular flexibility index (Phi) is 2.40. The molecule has 1 saturated heterocycles. The zero-order valence-corrected chi connectivity index (χ0v) is 9.68. The number of carbonyl (C=O) groups is 1. The average Bonchev–Trinajstić information content (AvgIpc) is 2.71. The lowest BCUT2D eigenvalue weighted by Gasteiger charge is -2.23. The number of pyridine rings is 1. The molecule has 1 aliphatic rings. The molecule has 3 heterocycles. The highest BCUT2D eigenvalue weighted by atomic mass is 16.1. The van der Waals surface area contributed by atoms with Crippen molar-refractivity contribution in [3.8, 4) is 0 Å². The van der Waals surface area contributed by atoms with E-state index in [-0.39, 0.29) is 6.04 Å². The van der Waals surface area contributed by atoms with Gasteiger partial charge in [0.1, 0.15) is 5.78 Å². The maximum Gasteiger partial charge on any atom is 0.136 e. The molecule has 1 N–H and O–H groups in total. The summed E-state index contributed by atoms with van der Waals surface area (Å²) in [5, 5.41) is 11.6. The van der Waals surface area contributed by atoms with Crippen LogP contribution in [0.1, 0.15) is 30.3 Å². The Morgan fingerprint density at radius 1 is 1.47 bits per heavy atom. The third-order valence-electron chi connectivity index (χ3n) is 3.23. The molecule has 0 radical (unpaired) electrons. The summed E-state index contributed by atoms with van der Waals surface area (Å²) in [7, 11) is 0. The van der Waals surface area contributed by atoms with Crippen LogP contribution in [0.5, 0.6) is 0 Å². The molecule has 1 aliphatic heterocycles. The third kappa shape index (κ3) is 1.72. The van der Waals surface area contributed by atoms with Crippen LogP contribution in [-0.4, -0.2) is 27.2 Å². The van der Waals surface area contributed by atoms with Crippen LogP contribution in [0.25, 0.3) is 5.52 Å². The molecule has 0 amide bonds. The first-order valence-electron chi connectivity index (χ1n) is 5.82. The number of Topliss-reactive ketones (excluding diaryl/α,β-unsaturated/α-hetero) is 1. The predicted molar refractivity (Wildman–Crippen MR) is 62.7 cm³/mol. The topological polar surface area (TPSA) is 59.3 Å². The van der Waals surface area contributed by atoms with Crippen LogP contribution in [0.3, 0.4) is 0 Å². The van der Waals surface area contributed by atoms with Gasteiger partial charge in [-0.15, -0.1) is 5.10 Å². The minimum atomic E-state index is 0.0565. The normalized spacial score (nSPS) is 21.0. The van der Waals surface area contributed by atoms with Gasteiger partial charge in [-0.05, 0) is 19.1 Å². The van der Waals surface area contributed by atoms with Gasteiger partial charge in [0.15, 0.2) is 0 Å². The van der Waals surface area contributed by atoms with Gasteiger partial charge in [-0.25, -0.2) is 4.52 Å². The summed E-state index contributed by atoms with van der Waals surface area (Å²) in [5.41, 5.74) is 2.92. The van der Waals surface area contributed by atoms with Crippen molar-refractivity contribution in [3.05, 3.63) is 29.6 Å². The maximum absolute atomic E-state index is 11.5. The van der Waals surface area contributed by atoms with Gasteiger partial charge in [-0.2, -0.15) is 0 Å². The fraction of sp³-hybridized carbons (Fsp3) is 0.417. The number of hydrogen-bond acceptors (Lipinski definition) is 4. The van der Waals surface area contributed by atoms with Gasteiger partial charge in [-0.3, -0.25) is 4.79 Å². The SMILES string of the molecule is Cc1nnn2c(C3CC(=O)CCN3)cccc12. The summed E-state index contributed by atoms with van der Waals surface area (Å²) in [4.78, 5) is 11.5.